The van der Waals surface area contributed by atoms with E-state index in [1.807, 2.05) is 4.98 Å². The Kier molecular flexibility index (Phi) is 5.15. The third kappa shape index (κ3) is 4.11. The van der Waals surface area contributed by atoms with Crippen LogP contribution in [0.25, 0.3) is 0 Å². The van der Waals surface area contributed by atoms with Crippen molar-refractivity contribution in [1.82, 2.24) is 15.4 Å². The zero-order valence-electron chi connectivity index (χ0n) is 13.3. The van der Waals surface area contributed by atoms with Crippen molar-refractivity contribution in [2.24, 2.45) is 5.10 Å². The number of phenols is 2. The summed E-state index contributed by atoms with van der Waals surface area (Å²) in [7, 11) is 0. The second-order valence-corrected chi connectivity index (χ2v) is 5.14. The van der Waals surface area contributed by atoms with Gasteiger partial charge in [0.2, 0.25) is 5.91 Å². The van der Waals surface area contributed by atoms with Crippen LogP contribution in [0.2, 0.25) is 0 Å². The van der Waals surface area contributed by atoms with Gasteiger partial charge in [-0.3, -0.25) is 24.7 Å². The Labute approximate surface area is 144 Å². The lowest BCUT2D eigenvalue weighted by atomic mass is 10.1. The van der Waals surface area contributed by atoms with Gasteiger partial charge in [-0.15, -0.1) is 0 Å². The number of phenolic OH excluding ortho intramolecular Hbond substituents is 2. The highest BCUT2D eigenvalue weighted by molar-refractivity contribution is 5.87. The normalized spacial score (nSPS) is 10.8. The number of H-pyrrole nitrogens is 2. The van der Waals surface area contributed by atoms with Gasteiger partial charge in [-0.25, -0.2) is 10.2 Å². The predicted molar refractivity (Wildman–Crippen MR) is 88.3 cm³/mol. The zero-order chi connectivity index (χ0) is 19.4. The highest BCUT2D eigenvalue weighted by Gasteiger charge is 2.16. The first-order valence-corrected chi connectivity index (χ1v) is 7.03. The van der Waals surface area contributed by atoms with E-state index in [1.165, 1.54) is 6.92 Å². The summed E-state index contributed by atoms with van der Waals surface area (Å²) in [6.07, 6.45) is 0.556. The Morgan fingerprint density at radius 2 is 2.00 bits per heavy atom. The number of hydrogen-bond donors (Lipinski definition) is 5. The molecule has 2 rings (SSSR count). The van der Waals surface area contributed by atoms with Crippen LogP contribution in [-0.2, 0) is 11.2 Å². The number of amides is 1. The maximum atomic E-state index is 11.8. The van der Waals surface area contributed by atoms with E-state index in [1.54, 1.807) is 0 Å². The Morgan fingerprint density at radius 3 is 2.62 bits per heavy atom. The molecule has 0 aliphatic rings. The van der Waals surface area contributed by atoms with Crippen LogP contribution in [0.1, 0.15) is 16.8 Å². The number of aromatic hydroxyl groups is 2. The van der Waals surface area contributed by atoms with Crippen LogP contribution in [0, 0.1) is 17.0 Å². The predicted octanol–water partition coefficient (Wildman–Crippen LogP) is -0.616. The molecule has 0 radical (unpaired) electrons. The molecule has 0 saturated carbocycles. The first-order valence-electron chi connectivity index (χ1n) is 7.03. The number of benzene rings is 1. The number of carbonyl (C=O) groups excluding carboxylic acids is 1. The third-order valence-electron chi connectivity index (χ3n) is 3.31. The van der Waals surface area contributed by atoms with Crippen molar-refractivity contribution in [2.75, 3.05) is 0 Å². The van der Waals surface area contributed by atoms with E-state index in [0.29, 0.717) is 0 Å². The van der Waals surface area contributed by atoms with Crippen LogP contribution in [0.15, 0.2) is 26.8 Å². The maximum absolute atomic E-state index is 11.8. The van der Waals surface area contributed by atoms with Crippen LogP contribution in [-0.4, -0.2) is 37.2 Å². The molecule has 1 aromatic heterocycles. The number of nitrogens with zero attached hydrogens (tertiary/aromatic N) is 2. The van der Waals surface area contributed by atoms with Crippen LogP contribution in [0.5, 0.6) is 11.5 Å². The Morgan fingerprint density at radius 1 is 1.31 bits per heavy atom. The molecule has 12 nitrogen and oxygen atoms in total. The van der Waals surface area contributed by atoms with Gasteiger partial charge >= 0.3 is 11.4 Å². The average Bonchev–Trinajstić information content (AvgIpc) is 2.52. The molecule has 0 spiro atoms. The minimum absolute atomic E-state index is 0.0421. The van der Waals surface area contributed by atoms with Gasteiger partial charge < -0.3 is 15.2 Å². The SMILES string of the molecule is Cc1[nH]c(=O)[nH]c(=O)c1CC(=O)N/N=C\c1cc([N+](=O)[O-])c(O)cc1O. The summed E-state index contributed by atoms with van der Waals surface area (Å²) in [5.74, 6) is -1.91. The van der Waals surface area contributed by atoms with Gasteiger partial charge in [0.25, 0.3) is 5.56 Å². The maximum Gasteiger partial charge on any atom is 0.325 e. The van der Waals surface area contributed by atoms with Crippen molar-refractivity contribution in [1.29, 1.82) is 0 Å². The summed E-state index contributed by atoms with van der Waals surface area (Å²) < 4.78 is 0. The number of aromatic nitrogens is 2. The zero-order valence-corrected chi connectivity index (χ0v) is 13.3. The lowest BCUT2D eigenvalue weighted by molar-refractivity contribution is -0.385. The summed E-state index contributed by atoms with van der Waals surface area (Å²) >= 11 is 0. The largest absolute Gasteiger partial charge is 0.507 e. The van der Waals surface area contributed by atoms with Crippen LogP contribution >= 0.6 is 0 Å². The number of hydrogen-bond acceptors (Lipinski definition) is 8. The van der Waals surface area contributed by atoms with E-state index in [-0.39, 0.29) is 23.2 Å². The van der Waals surface area contributed by atoms with Gasteiger partial charge in [-0.05, 0) is 6.92 Å². The van der Waals surface area contributed by atoms with Crippen molar-refractivity contribution >= 4 is 17.8 Å². The van der Waals surface area contributed by atoms with E-state index >= 15 is 0 Å². The number of aromatic amines is 2. The first kappa shape index (κ1) is 18.4. The second-order valence-electron chi connectivity index (χ2n) is 5.14. The van der Waals surface area contributed by atoms with Gasteiger partial charge in [0.15, 0.2) is 5.75 Å². The second kappa shape index (κ2) is 7.29. The van der Waals surface area contributed by atoms with Gasteiger partial charge in [0.1, 0.15) is 5.75 Å². The minimum atomic E-state index is -0.851. The van der Waals surface area contributed by atoms with Crippen LogP contribution in [0.4, 0.5) is 5.69 Å². The highest BCUT2D eigenvalue weighted by Crippen LogP contribution is 2.31. The molecule has 0 atom stereocenters. The van der Waals surface area contributed by atoms with Crippen molar-refractivity contribution in [2.45, 2.75) is 13.3 Å². The quantitative estimate of drug-likeness (QED) is 0.265. The molecule has 0 bridgehead atoms. The smallest absolute Gasteiger partial charge is 0.325 e. The number of aryl methyl sites for hydroxylation is 1. The standard InChI is InChI=1S/C14H13N5O7/c1-6-8(13(23)17-14(24)16-6)3-12(22)18-15-5-7-2-9(19(25)26)11(21)4-10(7)20/h2,4-5,20-21H,3H2,1H3,(H,18,22)(H2,16,17,23,24)/b15-5-. The van der Waals surface area contributed by atoms with Gasteiger partial charge in [-0.1, -0.05) is 0 Å². The van der Waals surface area contributed by atoms with E-state index in [4.69, 9.17) is 0 Å². The minimum Gasteiger partial charge on any atom is -0.507 e. The molecule has 1 aromatic carbocycles. The fourth-order valence-electron chi connectivity index (χ4n) is 2.04. The van der Waals surface area contributed by atoms with Gasteiger partial charge in [0.05, 0.1) is 17.6 Å². The first-order chi connectivity index (χ1) is 12.2. The molecule has 12 heteroatoms. The summed E-state index contributed by atoms with van der Waals surface area (Å²) in [4.78, 5) is 48.8. The molecule has 1 heterocycles. The number of carbonyl (C=O) groups is 1. The summed E-state index contributed by atoms with van der Waals surface area (Å²) in [5, 5.41) is 33.3. The molecular formula is C14H13N5O7. The molecule has 0 unspecified atom stereocenters. The molecule has 0 saturated heterocycles. The summed E-state index contributed by atoms with van der Waals surface area (Å²) in [6, 6.07) is 1.64. The third-order valence-corrected chi connectivity index (χ3v) is 3.31. The lowest BCUT2D eigenvalue weighted by Crippen LogP contribution is -2.30. The molecule has 1 amide bonds. The fourth-order valence-corrected chi connectivity index (χ4v) is 2.04. The summed E-state index contributed by atoms with van der Waals surface area (Å²) in [5.41, 5.74) is 0.179. The molecule has 5 N–H and O–H groups in total. The van der Waals surface area contributed by atoms with E-state index in [0.717, 1.165) is 18.3 Å². The number of rotatable bonds is 5. The molecule has 2 aromatic rings. The van der Waals surface area contributed by atoms with Crippen LogP contribution in [0.3, 0.4) is 0 Å². The molecular weight excluding hydrogens is 350 g/mol. The Hall–Kier alpha value is -3.96. The van der Waals surface area contributed by atoms with Crippen molar-refractivity contribution < 1.29 is 19.9 Å². The van der Waals surface area contributed by atoms with E-state index in [2.05, 4.69) is 15.5 Å². The average molecular weight is 363 g/mol. The van der Waals surface area contributed by atoms with Gasteiger partial charge in [-0.2, -0.15) is 5.10 Å². The van der Waals surface area contributed by atoms with E-state index in [9.17, 15) is 34.7 Å². The monoisotopic (exact) mass is 363 g/mol. The number of nitro benzene ring substituents is 1. The van der Waals surface area contributed by atoms with Gasteiger partial charge in [0, 0.05) is 29.0 Å². The van der Waals surface area contributed by atoms with Crippen LogP contribution < -0.4 is 16.7 Å². The summed E-state index contributed by atoms with van der Waals surface area (Å²) in [6.45, 7) is 1.45. The lowest BCUT2D eigenvalue weighted by Gasteiger charge is -2.03. The topological polar surface area (TPSA) is 191 Å². The highest BCUT2D eigenvalue weighted by atomic mass is 16.6. The number of nitrogens with one attached hydrogen (secondary N) is 3. The van der Waals surface area contributed by atoms with Crippen molar-refractivity contribution in [3.63, 3.8) is 0 Å². The van der Waals surface area contributed by atoms with Crippen molar-refractivity contribution in [3.05, 3.63) is 59.9 Å². The number of nitro groups is 1. The molecule has 0 aliphatic carbocycles. The molecule has 0 fully saturated rings. The van der Waals surface area contributed by atoms with E-state index < -0.39 is 39.3 Å². The molecule has 26 heavy (non-hydrogen) atoms. The Balaban J connectivity index is 2.13. The molecule has 0 aliphatic heterocycles. The molecule has 136 valence electrons. The van der Waals surface area contributed by atoms with Crippen molar-refractivity contribution in [3.8, 4) is 11.5 Å². The fraction of sp³-hybridized carbons (Fsp3) is 0.143. The Bertz CT molecular complexity index is 1020. The number of hydrazone groups is 1.